The quantitative estimate of drug-likeness (QED) is 0.807. The molecule has 0 fully saturated rings. The van der Waals surface area contributed by atoms with E-state index in [-0.39, 0.29) is 10.6 Å². The van der Waals surface area contributed by atoms with Crippen LogP contribution in [0.1, 0.15) is 23.6 Å². The molecule has 1 aromatic carbocycles. The molecule has 88 valence electrons. The highest BCUT2D eigenvalue weighted by Gasteiger charge is 2.34. The molecule has 16 heavy (non-hydrogen) atoms. The zero-order chi connectivity index (χ0) is 12.3. The van der Waals surface area contributed by atoms with E-state index in [9.17, 15) is 13.2 Å². The Morgan fingerprint density at radius 2 is 2.06 bits per heavy atom. The molecule has 0 spiro atoms. The Morgan fingerprint density at radius 1 is 1.44 bits per heavy atom. The smallest absolute Gasteiger partial charge is 0.324 e. The summed E-state index contributed by atoms with van der Waals surface area (Å²) >= 11 is 5.69. The summed E-state index contributed by atoms with van der Waals surface area (Å²) in [5.41, 5.74) is 5.13. The lowest BCUT2D eigenvalue weighted by Gasteiger charge is -2.16. The molecule has 1 rings (SSSR count). The van der Waals surface area contributed by atoms with Crippen LogP contribution in [0.25, 0.3) is 0 Å². The minimum absolute atomic E-state index is 0.288. The van der Waals surface area contributed by atoms with Crippen LogP contribution in [0.2, 0.25) is 5.02 Å². The van der Waals surface area contributed by atoms with Gasteiger partial charge in [0.1, 0.15) is 0 Å². The van der Waals surface area contributed by atoms with Gasteiger partial charge in [-0.25, -0.2) is 0 Å². The van der Waals surface area contributed by atoms with E-state index in [1.54, 1.807) is 6.08 Å². The monoisotopic (exact) mass is 249 g/mol. The summed E-state index contributed by atoms with van der Waals surface area (Å²) < 4.78 is 37.6. The first-order chi connectivity index (χ1) is 7.38. The molecule has 5 heteroatoms. The Morgan fingerprint density at radius 3 is 2.56 bits per heavy atom. The summed E-state index contributed by atoms with van der Waals surface area (Å²) in [7, 11) is 0. The van der Waals surface area contributed by atoms with E-state index < -0.39 is 17.8 Å². The maximum atomic E-state index is 12.5. The number of rotatable bonds is 3. The van der Waals surface area contributed by atoms with E-state index in [1.165, 1.54) is 12.1 Å². The van der Waals surface area contributed by atoms with Crippen molar-refractivity contribution in [2.75, 3.05) is 0 Å². The Labute approximate surface area is 96.7 Å². The predicted octanol–water partition coefficient (Wildman–Crippen LogP) is 3.93. The Bertz CT molecular complexity index is 387. The lowest BCUT2D eigenvalue weighted by atomic mass is 10.0. The standard InChI is InChI=1S/C11H11ClF3N/c1-2-4-9(16)7-5-3-6-8(10(7)12)11(13,14)15/h2-3,5-6,9H,1,4,16H2/t9-/m1/s1. The maximum absolute atomic E-state index is 12.5. The zero-order valence-electron chi connectivity index (χ0n) is 8.39. The van der Waals surface area contributed by atoms with Gasteiger partial charge in [0.25, 0.3) is 0 Å². The summed E-state index contributed by atoms with van der Waals surface area (Å²) in [5.74, 6) is 0. The van der Waals surface area contributed by atoms with Crippen LogP contribution in [0.4, 0.5) is 13.2 Å². The van der Waals surface area contributed by atoms with E-state index in [0.29, 0.717) is 6.42 Å². The second kappa shape index (κ2) is 4.89. The summed E-state index contributed by atoms with van der Waals surface area (Å²) in [5, 5.41) is -0.329. The van der Waals surface area contributed by atoms with Crippen molar-refractivity contribution < 1.29 is 13.2 Å². The van der Waals surface area contributed by atoms with E-state index in [1.807, 2.05) is 0 Å². The van der Waals surface area contributed by atoms with Gasteiger partial charge in [0.15, 0.2) is 0 Å². The average molecular weight is 250 g/mol. The van der Waals surface area contributed by atoms with Gasteiger partial charge in [0, 0.05) is 6.04 Å². The van der Waals surface area contributed by atoms with Crippen molar-refractivity contribution in [1.82, 2.24) is 0 Å². The van der Waals surface area contributed by atoms with Gasteiger partial charge in [0.2, 0.25) is 0 Å². The molecule has 0 aromatic heterocycles. The van der Waals surface area contributed by atoms with Gasteiger partial charge in [-0.05, 0) is 18.1 Å². The fraction of sp³-hybridized carbons (Fsp3) is 0.273. The summed E-state index contributed by atoms with van der Waals surface area (Å²) in [6.07, 6.45) is -2.54. The summed E-state index contributed by atoms with van der Waals surface area (Å²) in [4.78, 5) is 0. The van der Waals surface area contributed by atoms with Crippen molar-refractivity contribution in [3.8, 4) is 0 Å². The third-order valence-corrected chi connectivity index (χ3v) is 2.58. The molecule has 0 unspecified atom stereocenters. The normalized spacial score (nSPS) is 13.6. The number of halogens is 4. The molecule has 0 bridgehead atoms. The van der Waals surface area contributed by atoms with Crippen LogP contribution in [0.5, 0.6) is 0 Å². The average Bonchev–Trinajstić information content (AvgIpc) is 2.16. The third-order valence-electron chi connectivity index (χ3n) is 2.15. The van der Waals surface area contributed by atoms with Crippen molar-refractivity contribution in [1.29, 1.82) is 0 Å². The summed E-state index contributed by atoms with van der Waals surface area (Å²) in [6.45, 7) is 3.48. The fourth-order valence-corrected chi connectivity index (χ4v) is 1.73. The van der Waals surface area contributed by atoms with Crippen molar-refractivity contribution in [2.24, 2.45) is 5.73 Å². The van der Waals surface area contributed by atoms with E-state index in [2.05, 4.69) is 6.58 Å². The van der Waals surface area contributed by atoms with Crippen LogP contribution in [0.15, 0.2) is 30.9 Å². The topological polar surface area (TPSA) is 26.0 Å². The van der Waals surface area contributed by atoms with Crippen LogP contribution >= 0.6 is 11.6 Å². The largest absolute Gasteiger partial charge is 0.417 e. The zero-order valence-corrected chi connectivity index (χ0v) is 9.15. The van der Waals surface area contributed by atoms with Crippen molar-refractivity contribution in [3.63, 3.8) is 0 Å². The second-order valence-electron chi connectivity index (χ2n) is 3.34. The lowest BCUT2D eigenvalue weighted by molar-refractivity contribution is -0.137. The molecule has 0 saturated carbocycles. The molecule has 0 aliphatic carbocycles. The van der Waals surface area contributed by atoms with Gasteiger partial charge in [0.05, 0.1) is 10.6 Å². The molecule has 0 saturated heterocycles. The van der Waals surface area contributed by atoms with Crippen LogP contribution < -0.4 is 5.73 Å². The Hall–Kier alpha value is -1.00. The van der Waals surface area contributed by atoms with Gasteiger partial charge < -0.3 is 5.73 Å². The molecule has 1 nitrogen and oxygen atoms in total. The maximum Gasteiger partial charge on any atom is 0.417 e. The van der Waals surface area contributed by atoms with E-state index in [4.69, 9.17) is 17.3 Å². The molecule has 1 aromatic rings. The van der Waals surface area contributed by atoms with Crippen LogP contribution in [-0.4, -0.2) is 0 Å². The second-order valence-corrected chi connectivity index (χ2v) is 3.72. The Kier molecular flexibility index (Phi) is 3.99. The minimum atomic E-state index is -4.46. The van der Waals surface area contributed by atoms with Crippen LogP contribution in [0, 0.1) is 0 Å². The molecule has 1 atom stereocenters. The first-order valence-electron chi connectivity index (χ1n) is 4.60. The molecular formula is C11H11ClF3N. The van der Waals surface area contributed by atoms with Crippen molar-refractivity contribution >= 4 is 11.6 Å². The van der Waals surface area contributed by atoms with Crippen LogP contribution in [-0.2, 0) is 6.18 Å². The third kappa shape index (κ3) is 2.77. The number of hydrogen-bond donors (Lipinski definition) is 1. The molecule has 0 aliphatic heterocycles. The fourth-order valence-electron chi connectivity index (χ4n) is 1.36. The highest BCUT2D eigenvalue weighted by Crippen LogP contribution is 2.37. The minimum Gasteiger partial charge on any atom is -0.324 e. The molecule has 0 heterocycles. The molecular weight excluding hydrogens is 239 g/mol. The molecule has 2 N–H and O–H groups in total. The summed E-state index contributed by atoms with van der Waals surface area (Å²) in [6, 6.07) is 3.16. The SMILES string of the molecule is C=CC[C@@H](N)c1cccc(C(F)(F)F)c1Cl. The number of nitrogens with two attached hydrogens (primary N) is 1. The van der Waals surface area contributed by atoms with Gasteiger partial charge in [-0.15, -0.1) is 6.58 Å². The number of benzene rings is 1. The van der Waals surface area contributed by atoms with Gasteiger partial charge >= 0.3 is 6.18 Å². The van der Waals surface area contributed by atoms with Crippen molar-refractivity contribution in [3.05, 3.63) is 47.0 Å². The van der Waals surface area contributed by atoms with Gasteiger partial charge in [-0.3, -0.25) is 0 Å². The Balaban J connectivity index is 3.18. The molecule has 0 amide bonds. The predicted molar refractivity (Wildman–Crippen MR) is 58.2 cm³/mol. The molecule has 0 radical (unpaired) electrons. The number of hydrogen-bond acceptors (Lipinski definition) is 1. The highest BCUT2D eigenvalue weighted by molar-refractivity contribution is 6.32. The van der Waals surface area contributed by atoms with E-state index >= 15 is 0 Å². The highest BCUT2D eigenvalue weighted by atomic mass is 35.5. The van der Waals surface area contributed by atoms with Crippen LogP contribution in [0.3, 0.4) is 0 Å². The first-order valence-corrected chi connectivity index (χ1v) is 4.97. The first kappa shape index (κ1) is 13.1. The van der Waals surface area contributed by atoms with E-state index in [0.717, 1.165) is 6.07 Å². The van der Waals surface area contributed by atoms with Gasteiger partial charge in [-0.1, -0.05) is 29.8 Å². The molecule has 0 aliphatic rings. The van der Waals surface area contributed by atoms with Gasteiger partial charge in [-0.2, -0.15) is 13.2 Å². The van der Waals surface area contributed by atoms with Crippen molar-refractivity contribution in [2.45, 2.75) is 18.6 Å². The number of alkyl halides is 3. The lowest BCUT2D eigenvalue weighted by Crippen LogP contribution is -2.13.